The van der Waals surface area contributed by atoms with Crippen LogP contribution in [0.15, 0.2) is 48.5 Å². The second-order valence-corrected chi connectivity index (χ2v) is 5.17. The first-order valence-electron chi connectivity index (χ1n) is 6.99. The Morgan fingerprint density at radius 1 is 1.05 bits per heavy atom. The van der Waals surface area contributed by atoms with Crippen LogP contribution in [0, 0.1) is 6.92 Å². The van der Waals surface area contributed by atoms with Crippen LogP contribution in [0.5, 0.6) is 0 Å². The van der Waals surface area contributed by atoms with Gasteiger partial charge in [-0.15, -0.1) is 0 Å². The first-order valence-corrected chi connectivity index (χ1v) is 6.99. The molecule has 0 spiro atoms. The molecule has 0 aromatic heterocycles. The Balaban J connectivity index is 1.97. The number of rotatable bonds is 5. The summed E-state index contributed by atoms with van der Waals surface area (Å²) in [6.45, 7) is 3.78. The van der Waals surface area contributed by atoms with E-state index in [4.69, 9.17) is 5.73 Å². The summed E-state index contributed by atoms with van der Waals surface area (Å²) in [5.74, 6) is -0.652. The molecule has 0 aliphatic heterocycles. The molecule has 114 valence electrons. The molecule has 2 amide bonds. The molecule has 2 aromatic rings. The zero-order valence-electron chi connectivity index (χ0n) is 12.6. The Hall–Kier alpha value is -2.82. The smallest absolute Gasteiger partial charge is 0.248 e. The van der Waals surface area contributed by atoms with E-state index in [2.05, 4.69) is 10.6 Å². The average Bonchev–Trinajstić information content (AvgIpc) is 2.47. The van der Waals surface area contributed by atoms with Crippen LogP contribution in [0.4, 0.5) is 11.4 Å². The topological polar surface area (TPSA) is 84.2 Å². The molecule has 4 N–H and O–H groups in total. The van der Waals surface area contributed by atoms with Gasteiger partial charge in [-0.3, -0.25) is 9.59 Å². The van der Waals surface area contributed by atoms with Gasteiger partial charge in [-0.05, 0) is 55.8 Å². The van der Waals surface area contributed by atoms with Gasteiger partial charge in [-0.25, -0.2) is 0 Å². The van der Waals surface area contributed by atoms with Gasteiger partial charge in [0.15, 0.2) is 0 Å². The third-order valence-electron chi connectivity index (χ3n) is 3.23. The van der Waals surface area contributed by atoms with Crippen LogP contribution in [0.2, 0.25) is 0 Å². The molecule has 5 nitrogen and oxygen atoms in total. The van der Waals surface area contributed by atoms with E-state index < -0.39 is 11.9 Å². The SMILES string of the molecule is Cc1cccc(N[C@@H](C)C(=O)Nc2ccc(C(N)=O)cc2)c1. The van der Waals surface area contributed by atoms with E-state index in [1.165, 1.54) is 0 Å². The number of aryl methyl sites for hydroxylation is 1. The first kappa shape index (κ1) is 15.6. The van der Waals surface area contributed by atoms with E-state index >= 15 is 0 Å². The Labute approximate surface area is 129 Å². The molecule has 2 aromatic carbocycles. The number of primary amides is 1. The normalized spacial score (nSPS) is 11.5. The van der Waals surface area contributed by atoms with E-state index in [9.17, 15) is 9.59 Å². The summed E-state index contributed by atoms with van der Waals surface area (Å²) < 4.78 is 0. The minimum Gasteiger partial charge on any atom is -0.374 e. The maximum Gasteiger partial charge on any atom is 0.248 e. The van der Waals surface area contributed by atoms with Crippen LogP contribution < -0.4 is 16.4 Å². The lowest BCUT2D eigenvalue weighted by Gasteiger charge is -2.15. The summed E-state index contributed by atoms with van der Waals surface area (Å²) in [5.41, 5.74) is 8.22. The zero-order chi connectivity index (χ0) is 16.1. The number of hydrogen-bond acceptors (Lipinski definition) is 3. The van der Waals surface area contributed by atoms with E-state index in [0.717, 1.165) is 11.3 Å². The molecule has 0 saturated heterocycles. The van der Waals surface area contributed by atoms with Crippen molar-refractivity contribution in [2.45, 2.75) is 19.9 Å². The maximum atomic E-state index is 12.2. The molecule has 1 atom stereocenters. The summed E-state index contributed by atoms with van der Waals surface area (Å²) in [7, 11) is 0. The molecule has 0 bridgehead atoms. The Bertz CT molecular complexity index is 681. The predicted molar refractivity (Wildman–Crippen MR) is 87.9 cm³/mol. The van der Waals surface area contributed by atoms with Crippen molar-refractivity contribution in [2.75, 3.05) is 10.6 Å². The van der Waals surface area contributed by atoms with Crippen LogP contribution in [-0.2, 0) is 4.79 Å². The number of amides is 2. The average molecular weight is 297 g/mol. The summed E-state index contributed by atoms with van der Waals surface area (Å²) in [4.78, 5) is 23.2. The van der Waals surface area contributed by atoms with Gasteiger partial charge in [0.05, 0.1) is 0 Å². The fourth-order valence-corrected chi connectivity index (χ4v) is 2.02. The molecule has 0 radical (unpaired) electrons. The maximum absolute atomic E-state index is 12.2. The van der Waals surface area contributed by atoms with Gasteiger partial charge in [0, 0.05) is 16.9 Å². The van der Waals surface area contributed by atoms with Crippen molar-refractivity contribution < 1.29 is 9.59 Å². The molecule has 22 heavy (non-hydrogen) atoms. The van der Waals surface area contributed by atoms with E-state index in [-0.39, 0.29) is 5.91 Å². The fraction of sp³-hybridized carbons (Fsp3) is 0.176. The van der Waals surface area contributed by atoms with Gasteiger partial charge in [0.25, 0.3) is 0 Å². The monoisotopic (exact) mass is 297 g/mol. The zero-order valence-corrected chi connectivity index (χ0v) is 12.6. The summed E-state index contributed by atoms with van der Waals surface area (Å²) in [6.07, 6.45) is 0. The van der Waals surface area contributed by atoms with Crippen LogP contribution in [0.25, 0.3) is 0 Å². The van der Waals surface area contributed by atoms with Crippen LogP contribution in [0.3, 0.4) is 0 Å². The van der Waals surface area contributed by atoms with Crippen molar-refractivity contribution in [1.29, 1.82) is 0 Å². The molecule has 0 aliphatic rings. The van der Waals surface area contributed by atoms with E-state index in [0.29, 0.717) is 11.3 Å². The third-order valence-corrected chi connectivity index (χ3v) is 3.23. The number of benzene rings is 2. The highest BCUT2D eigenvalue weighted by atomic mass is 16.2. The van der Waals surface area contributed by atoms with Crippen LogP contribution in [-0.4, -0.2) is 17.9 Å². The summed E-state index contributed by atoms with van der Waals surface area (Å²) >= 11 is 0. The highest BCUT2D eigenvalue weighted by Crippen LogP contribution is 2.13. The lowest BCUT2D eigenvalue weighted by molar-refractivity contribution is -0.116. The second-order valence-electron chi connectivity index (χ2n) is 5.17. The number of carbonyl (C=O) groups excluding carboxylic acids is 2. The first-order chi connectivity index (χ1) is 10.5. The highest BCUT2D eigenvalue weighted by molar-refractivity contribution is 5.97. The molecule has 5 heteroatoms. The Kier molecular flexibility index (Phi) is 4.78. The minimum atomic E-state index is -0.493. The van der Waals surface area contributed by atoms with Crippen molar-refractivity contribution in [3.05, 3.63) is 59.7 Å². The summed E-state index contributed by atoms with van der Waals surface area (Å²) in [5, 5.41) is 5.94. The number of nitrogens with two attached hydrogens (primary N) is 1. The Morgan fingerprint density at radius 3 is 2.32 bits per heavy atom. The van der Waals surface area contributed by atoms with E-state index in [1.807, 2.05) is 31.2 Å². The number of hydrogen-bond donors (Lipinski definition) is 3. The quantitative estimate of drug-likeness (QED) is 0.793. The van der Waals surface area contributed by atoms with Gasteiger partial charge in [0.1, 0.15) is 6.04 Å². The number of nitrogens with one attached hydrogen (secondary N) is 2. The Morgan fingerprint density at radius 2 is 1.73 bits per heavy atom. The lowest BCUT2D eigenvalue weighted by Crippen LogP contribution is -2.31. The van der Waals surface area contributed by atoms with E-state index in [1.54, 1.807) is 31.2 Å². The molecule has 0 aliphatic carbocycles. The van der Waals surface area contributed by atoms with Gasteiger partial charge in [0.2, 0.25) is 11.8 Å². The van der Waals surface area contributed by atoms with Crippen molar-refractivity contribution >= 4 is 23.2 Å². The molecule has 0 fully saturated rings. The molecular weight excluding hydrogens is 278 g/mol. The van der Waals surface area contributed by atoms with Gasteiger partial charge in [-0.1, -0.05) is 12.1 Å². The van der Waals surface area contributed by atoms with Crippen molar-refractivity contribution in [1.82, 2.24) is 0 Å². The number of carbonyl (C=O) groups is 2. The molecular formula is C17H19N3O2. The molecule has 2 rings (SSSR count). The highest BCUT2D eigenvalue weighted by Gasteiger charge is 2.13. The lowest BCUT2D eigenvalue weighted by atomic mass is 10.2. The van der Waals surface area contributed by atoms with Crippen LogP contribution in [0.1, 0.15) is 22.8 Å². The van der Waals surface area contributed by atoms with Crippen molar-refractivity contribution in [3.63, 3.8) is 0 Å². The molecule has 0 heterocycles. The van der Waals surface area contributed by atoms with Crippen molar-refractivity contribution in [2.24, 2.45) is 5.73 Å². The minimum absolute atomic E-state index is 0.159. The van der Waals surface area contributed by atoms with Crippen molar-refractivity contribution in [3.8, 4) is 0 Å². The number of anilines is 2. The van der Waals surface area contributed by atoms with Gasteiger partial charge in [-0.2, -0.15) is 0 Å². The standard InChI is InChI=1S/C17H19N3O2/c1-11-4-3-5-15(10-11)19-12(2)17(22)20-14-8-6-13(7-9-14)16(18)21/h3-10,12,19H,1-2H3,(H2,18,21)(H,20,22)/t12-/m0/s1. The summed E-state index contributed by atoms with van der Waals surface area (Å²) in [6, 6.07) is 13.9. The largest absolute Gasteiger partial charge is 0.374 e. The molecule has 0 saturated carbocycles. The van der Waals surface area contributed by atoms with Crippen LogP contribution >= 0.6 is 0 Å². The second kappa shape index (κ2) is 6.76. The third kappa shape index (κ3) is 4.09. The predicted octanol–water partition coefficient (Wildman–Crippen LogP) is 2.53. The van der Waals surface area contributed by atoms with Gasteiger partial charge >= 0.3 is 0 Å². The molecule has 0 unspecified atom stereocenters. The van der Waals surface area contributed by atoms with Gasteiger partial charge < -0.3 is 16.4 Å². The fourth-order valence-electron chi connectivity index (χ4n) is 2.02.